The summed E-state index contributed by atoms with van der Waals surface area (Å²) in [4.78, 5) is 0. The highest BCUT2D eigenvalue weighted by Crippen LogP contribution is 2.57. The van der Waals surface area contributed by atoms with Gasteiger partial charge in [0.2, 0.25) is 0 Å². The van der Waals surface area contributed by atoms with Gasteiger partial charge in [-0.25, -0.2) is 5.11 Å². The highest BCUT2D eigenvalue weighted by Gasteiger charge is 2.82. The van der Waals surface area contributed by atoms with E-state index in [2.05, 4.69) is 0 Å². The highest BCUT2D eigenvalue weighted by atomic mass is 19.4. The van der Waals surface area contributed by atoms with Gasteiger partial charge in [0.1, 0.15) is 0 Å². The second-order valence-corrected chi connectivity index (χ2v) is 5.04. The fourth-order valence-corrected chi connectivity index (χ4v) is 2.01. The van der Waals surface area contributed by atoms with Crippen LogP contribution < -0.4 is 0 Å². The summed E-state index contributed by atoms with van der Waals surface area (Å²) >= 11 is 0. The Labute approximate surface area is 131 Å². The molecular formula is C14H12F9O. The maximum atomic E-state index is 13.9. The van der Waals surface area contributed by atoms with Crippen molar-refractivity contribution in [2.45, 2.75) is 43.2 Å². The molecule has 1 rings (SSSR count). The van der Waals surface area contributed by atoms with Gasteiger partial charge in [-0.3, -0.25) is 0 Å². The summed E-state index contributed by atoms with van der Waals surface area (Å²) in [5.74, 6) is -19.4. The first-order valence-electron chi connectivity index (χ1n) is 6.67. The Kier molecular flexibility index (Phi) is 5.85. The lowest BCUT2D eigenvalue weighted by atomic mass is 9.91. The van der Waals surface area contributed by atoms with E-state index in [-0.39, 0.29) is 19.3 Å². The van der Waals surface area contributed by atoms with Gasteiger partial charge in [-0.2, -0.15) is 39.5 Å². The summed E-state index contributed by atoms with van der Waals surface area (Å²) in [6.45, 7) is -0.569. The van der Waals surface area contributed by atoms with Gasteiger partial charge in [0, 0.05) is 5.56 Å². The molecule has 0 amide bonds. The molecule has 0 aliphatic rings. The molecule has 0 aliphatic heterocycles. The molecule has 1 radical (unpaired) electrons. The summed E-state index contributed by atoms with van der Waals surface area (Å²) in [5.41, 5.74) is -2.14. The van der Waals surface area contributed by atoms with Gasteiger partial charge in [-0.1, -0.05) is 24.3 Å². The summed E-state index contributed by atoms with van der Waals surface area (Å²) in [6, 6.07) is 3.25. The van der Waals surface area contributed by atoms with E-state index in [9.17, 15) is 44.6 Å². The number of benzene rings is 1. The summed E-state index contributed by atoms with van der Waals surface area (Å²) < 4.78 is 117. The van der Waals surface area contributed by atoms with Gasteiger partial charge in [-0.05, 0) is 24.8 Å². The highest BCUT2D eigenvalue weighted by molar-refractivity contribution is 5.33. The topological polar surface area (TPSA) is 19.9 Å². The van der Waals surface area contributed by atoms with Crippen molar-refractivity contribution in [2.75, 3.05) is 6.61 Å². The van der Waals surface area contributed by atoms with E-state index < -0.39 is 41.7 Å². The van der Waals surface area contributed by atoms with Crippen LogP contribution in [0, 0.1) is 0 Å². The zero-order valence-corrected chi connectivity index (χ0v) is 11.9. The first-order valence-corrected chi connectivity index (χ1v) is 6.67. The van der Waals surface area contributed by atoms with E-state index in [4.69, 9.17) is 0 Å². The second-order valence-electron chi connectivity index (χ2n) is 5.04. The van der Waals surface area contributed by atoms with Crippen molar-refractivity contribution < 1.29 is 44.6 Å². The molecule has 0 aromatic heterocycles. The summed E-state index contributed by atoms with van der Waals surface area (Å²) in [5, 5.41) is 10.3. The molecule has 0 heterocycles. The Morgan fingerprint density at radius 2 is 1.29 bits per heavy atom. The van der Waals surface area contributed by atoms with Crippen LogP contribution in [0.1, 0.15) is 24.0 Å². The Hall–Kier alpha value is -1.45. The number of alkyl halides is 9. The largest absolute Gasteiger partial charge is 0.460 e. The fourth-order valence-electron chi connectivity index (χ4n) is 2.01. The number of hydrogen-bond donors (Lipinski definition) is 0. The maximum Gasteiger partial charge on any atom is 0.460 e. The molecule has 0 saturated carbocycles. The van der Waals surface area contributed by atoms with E-state index in [1.54, 1.807) is 0 Å². The van der Waals surface area contributed by atoms with Crippen LogP contribution in [-0.4, -0.2) is 24.6 Å². The Bertz CT molecular complexity index is 551. The number of aryl methyl sites for hydroxylation is 1. The van der Waals surface area contributed by atoms with Crippen molar-refractivity contribution in [3.63, 3.8) is 0 Å². The molecule has 0 unspecified atom stereocenters. The minimum Gasteiger partial charge on any atom is -0.237 e. The van der Waals surface area contributed by atoms with Crippen LogP contribution in [0.25, 0.3) is 0 Å². The van der Waals surface area contributed by atoms with Crippen molar-refractivity contribution in [1.82, 2.24) is 0 Å². The third kappa shape index (κ3) is 3.47. The lowest BCUT2D eigenvalue weighted by Crippen LogP contribution is -2.59. The predicted octanol–water partition coefficient (Wildman–Crippen LogP) is 5.36. The lowest BCUT2D eigenvalue weighted by molar-refractivity contribution is -0.399. The normalized spacial score (nSPS) is 14.1. The molecule has 0 fully saturated rings. The molecule has 0 bridgehead atoms. The van der Waals surface area contributed by atoms with Gasteiger partial charge in [0.15, 0.2) is 0 Å². The van der Waals surface area contributed by atoms with Crippen LogP contribution in [-0.2, 0) is 17.4 Å². The van der Waals surface area contributed by atoms with Gasteiger partial charge in [0.05, 0.1) is 6.61 Å². The molecule has 0 saturated heterocycles. The van der Waals surface area contributed by atoms with Gasteiger partial charge in [-0.15, -0.1) is 0 Å². The number of unbranched alkanes of at least 4 members (excludes halogenated alkanes) is 1. The third-order valence-electron chi connectivity index (χ3n) is 3.34. The quantitative estimate of drug-likeness (QED) is 0.457. The monoisotopic (exact) mass is 367 g/mol. The average Bonchev–Trinajstić information content (AvgIpc) is 2.46. The summed E-state index contributed by atoms with van der Waals surface area (Å²) in [7, 11) is 0. The van der Waals surface area contributed by atoms with E-state index >= 15 is 0 Å². The van der Waals surface area contributed by atoms with Crippen molar-refractivity contribution in [1.29, 1.82) is 0 Å². The molecule has 0 atom stereocenters. The van der Waals surface area contributed by atoms with E-state index in [0.29, 0.717) is 6.07 Å². The zero-order valence-electron chi connectivity index (χ0n) is 11.9. The maximum absolute atomic E-state index is 13.9. The molecule has 0 N–H and O–H groups in total. The standard InChI is InChI=1S/C14H12F9O/c15-11(16,12(17,18)13(19,20)14(21,22)23)10-7-2-1-5-9(10)6-3-4-8-24/h1-2,5,7H,3-4,6,8H2. The smallest absolute Gasteiger partial charge is 0.237 e. The van der Waals surface area contributed by atoms with Crippen LogP contribution in [0.15, 0.2) is 24.3 Å². The van der Waals surface area contributed by atoms with Gasteiger partial charge in [0.25, 0.3) is 0 Å². The van der Waals surface area contributed by atoms with Crippen LogP contribution in [0.2, 0.25) is 0 Å². The molecule has 1 aromatic carbocycles. The van der Waals surface area contributed by atoms with Crippen LogP contribution in [0.3, 0.4) is 0 Å². The molecule has 137 valence electrons. The SMILES string of the molecule is [O]CCCCc1ccccc1C(F)(F)C(F)(F)C(F)(F)C(F)(F)F. The molecule has 0 spiro atoms. The molecular weight excluding hydrogens is 355 g/mol. The van der Waals surface area contributed by atoms with Crippen molar-refractivity contribution in [2.24, 2.45) is 0 Å². The van der Waals surface area contributed by atoms with Gasteiger partial charge >= 0.3 is 23.9 Å². The summed E-state index contributed by atoms with van der Waals surface area (Å²) in [6.07, 6.45) is -7.17. The minimum absolute atomic E-state index is 0.00215. The second kappa shape index (κ2) is 6.81. The van der Waals surface area contributed by atoms with E-state index in [1.165, 1.54) is 0 Å². The van der Waals surface area contributed by atoms with Crippen molar-refractivity contribution in [3.8, 4) is 0 Å². The lowest BCUT2D eigenvalue weighted by Gasteiger charge is -2.34. The third-order valence-corrected chi connectivity index (χ3v) is 3.34. The van der Waals surface area contributed by atoms with Crippen molar-refractivity contribution >= 4 is 0 Å². The molecule has 1 aromatic rings. The Balaban J connectivity index is 3.33. The van der Waals surface area contributed by atoms with Crippen LogP contribution in [0.4, 0.5) is 39.5 Å². The zero-order chi connectivity index (χ0) is 18.8. The first-order chi connectivity index (χ1) is 10.8. The average molecular weight is 367 g/mol. The van der Waals surface area contributed by atoms with Crippen LogP contribution >= 0.6 is 0 Å². The molecule has 0 aliphatic carbocycles. The van der Waals surface area contributed by atoms with E-state index in [0.717, 1.165) is 18.2 Å². The molecule has 24 heavy (non-hydrogen) atoms. The van der Waals surface area contributed by atoms with Crippen molar-refractivity contribution in [3.05, 3.63) is 35.4 Å². The number of halogens is 9. The Morgan fingerprint density at radius 3 is 1.79 bits per heavy atom. The number of hydrogen-bond acceptors (Lipinski definition) is 0. The predicted molar refractivity (Wildman–Crippen MR) is 64.8 cm³/mol. The minimum atomic E-state index is -6.92. The molecule has 10 heteroatoms. The fraction of sp³-hybridized carbons (Fsp3) is 0.571. The Morgan fingerprint density at radius 1 is 0.750 bits per heavy atom. The van der Waals surface area contributed by atoms with Crippen LogP contribution in [0.5, 0.6) is 0 Å². The van der Waals surface area contributed by atoms with Gasteiger partial charge < -0.3 is 0 Å². The molecule has 1 nitrogen and oxygen atoms in total. The number of rotatable bonds is 7. The first kappa shape index (κ1) is 20.6. The van der Waals surface area contributed by atoms with E-state index in [1.807, 2.05) is 0 Å².